The lowest BCUT2D eigenvalue weighted by atomic mass is 9.89. The summed E-state index contributed by atoms with van der Waals surface area (Å²) in [7, 11) is 0. The van der Waals surface area contributed by atoms with Gasteiger partial charge in [-0.25, -0.2) is 0 Å². The van der Waals surface area contributed by atoms with Gasteiger partial charge in [-0.2, -0.15) is 0 Å². The summed E-state index contributed by atoms with van der Waals surface area (Å²) in [6.07, 6.45) is 10.6. The van der Waals surface area contributed by atoms with E-state index >= 15 is 0 Å². The summed E-state index contributed by atoms with van der Waals surface area (Å²) in [5.74, 6) is 0.756. The average Bonchev–Trinajstić information content (AvgIpc) is 2.01. The van der Waals surface area contributed by atoms with Gasteiger partial charge in [0.25, 0.3) is 0 Å². The lowest BCUT2D eigenvalue weighted by Gasteiger charge is -2.17. The maximum Gasteiger partial charge on any atom is -0.0190 e. The van der Waals surface area contributed by atoms with Crippen molar-refractivity contribution in [1.29, 1.82) is 0 Å². The molecule has 0 aromatic heterocycles. The highest BCUT2D eigenvalue weighted by Crippen LogP contribution is 2.24. The predicted molar refractivity (Wildman–Crippen MR) is 55.1 cm³/mol. The van der Waals surface area contributed by atoms with E-state index in [-0.39, 0.29) is 0 Å². The molecule has 0 N–H and O–H groups in total. The molecule has 0 spiro atoms. The van der Waals surface area contributed by atoms with Gasteiger partial charge >= 0.3 is 0 Å². The Balaban J connectivity index is 2.45. The van der Waals surface area contributed by atoms with Gasteiger partial charge in [-0.1, -0.05) is 36.0 Å². The van der Waals surface area contributed by atoms with Crippen LogP contribution in [0.3, 0.4) is 0 Å². The van der Waals surface area contributed by atoms with Crippen molar-refractivity contribution in [2.45, 2.75) is 33.1 Å². The molecule has 0 aromatic carbocycles. The molecule has 0 bridgehead atoms. The van der Waals surface area contributed by atoms with Crippen molar-refractivity contribution in [2.24, 2.45) is 5.92 Å². The van der Waals surface area contributed by atoms with E-state index in [0.29, 0.717) is 0 Å². The van der Waals surface area contributed by atoms with Gasteiger partial charge < -0.3 is 0 Å². The predicted octanol–water partition coefficient (Wildman–Crippen LogP) is 3.87. The van der Waals surface area contributed by atoms with E-state index < -0.39 is 0 Å². The van der Waals surface area contributed by atoms with Crippen molar-refractivity contribution in [3.05, 3.63) is 36.0 Å². The molecule has 0 aliphatic heterocycles. The Bertz CT molecular complexity index is 218. The van der Waals surface area contributed by atoms with Gasteiger partial charge in [-0.05, 0) is 39.0 Å². The molecule has 0 heteroatoms. The fourth-order valence-electron chi connectivity index (χ4n) is 1.61. The molecule has 66 valence electrons. The highest BCUT2D eigenvalue weighted by molar-refractivity contribution is 5.15. The van der Waals surface area contributed by atoms with Gasteiger partial charge in [-0.3, -0.25) is 0 Å². The molecular formula is C12H18. The monoisotopic (exact) mass is 162 g/mol. The first-order valence-electron chi connectivity index (χ1n) is 4.68. The van der Waals surface area contributed by atoms with Crippen LogP contribution >= 0.6 is 0 Å². The minimum atomic E-state index is 0.756. The van der Waals surface area contributed by atoms with Gasteiger partial charge in [-0.15, -0.1) is 0 Å². The zero-order chi connectivity index (χ0) is 8.97. The van der Waals surface area contributed by atoms with Gasteiger partial charge in [0, 0.05) is 0 Å². The first-order chi connectivity index (χ1) is 5.68. The van der Waals surface area contributed by atoms with Crippen LogP contribution in [0, 0.1) is 5.92 Å². The Hall–Kier alpha value is -0.780. The van der Waals surface area contributed by atoms with Crippen molar-refractivity contribution in [1.82, 2.24) is 0 Å². The van der Waals surface area contributed by atoms with E-state index in [1.165, 1.54) is 24.8 Å². The second-order valence-corrected chi connectivity index (χ2v) is 3.80. The third-order valence-corrected chi connectivity index (χ3v) is 2.27. The minimum Gasteiger partial charge on any atom is -0.0961 e. The quantitative estimate of drug-likeness (QED) is 0.427. The highest BCUT2D eigenvalue weighted by Gasteiger charge is 2.08. The SMILES string of the molecule is C=C(C)C=CC1CCC=C(C)C1. The molecule has 0 fully saturated rings. The molecule has 1 rings (SSSR count). The Labute approximate surface area is 75.7 Å². The normalized spacial score (nSPS) is 24.2. The molecular weight excluding hydrogens is 144 g/mol. The van der Waals surface area contributed by atoms with Gasteiger partial charge in [0.05, 0.1) is 0 Å². The minimum absolute atomic E-state index is 0.756. The van der Waals surface area contributed by atoms with Crippen LogP contribution in [0.4, 0.5) is 0 Å². The Morgan fingerprint density at radius 2 is 2.42 bits per heavy atom. The Morgan fingerprint density at radius 1 is 1.67 bits per heavy atom. The number of allylic oxidation sites excluding steroid dienone is 5. The zero-order valence-electron chi connectivity index (χ0n) is 8.14. The summed E-state index contributed by atoms with van der Waals surface area (Å²) in [4.78, 5) is 0. The van der Waals surface area contributed by atoms with Crippen molar-refractivity contribution >= 4 is 0 Å². The van der Waals surface area contributed by atoms with E-state index in [4.69, 9.17) is 0 Å². The van der Waals surface area contributed by atoms with E-state index in [1.54, 1.807) is 0 Å². The number of hydrogen-bond acceptors (Lipinski definition) is 0. The first kappa shape index (κ1) is 9.31. The second kappa shape index (κ2) is 4.30. The molecule has 0 heterocycles. The van der Waals surface area contributed by atoms with Crippen molar-refractivity contribution < 1.29 is 0 Å². The van der Waals surface area contributed by atoms with Crippen LogP contribution in [-0.4, -0.2) is 0 Å². The van der Waals surface area contributed by atoms with Crippen molar-refractivity contribution in [2.75, 3.05) is 0 Å². The third kappa shape index (κ3) is 3.08. The first-order valence-corrected chi connectivity index (χ1v) is 4.68. The summed E-state index contributed by atoms with van der Waals surface area (Å²) in [6, 6.07) is 0. The summed E-state index contributed by atoms with van der Waals surface area (Å²) in [6.45, 7) is 8.12. The van der Waals surface area contributed by atoms with Crippen molar-refractivity contribution in [3.8, 4) is 0 Å². The highest BCUT2D eigenvalue weighted by atomic mass is 14.1. The average molecular weight is 162 g/mol. The van der Waals surface area contributed by atoms with Crippen LogP contribution in [0.1, 0.15) is 33.1 Å². The van der Waals surface area contributed by atoms with Crippen LogP contribution in [0.15, 0.2) is 36.0 Å². The summed E-state index contributed by atoms with van der Waals surface area (Å²) in [5.41, 5.74) is 2.69. The van der Waals surface area contributed by atoms with Gasteiger partial charge in [0.2, 0.25) is 0 Å². The van der Waals surface area contributed by atoms with Crippen LogP contribution in [0.2, 0.25) is 0 Å². The summed E-state index contributed by atoms with van der Waals surface area (Å²) in [5, 5.41) is 0. The second-order valence-electron chi connectivity index (χ2n) is 3.80. The molecule has 0 saturated carbocycles. The molecule has 12 heavy (non-hydrogen) atoms. The maximum absolute atomic E-state index is 3.86. The summed E-state index contributed by atoms with van der Waals surface area (Å²) >= 11 is 0. The number of hydrogen-bond donors (Lipinski definition) is 0. The largest absolute Gasteiger partial charge is 0.0961 e. The van der Waals surface area contributed by atoms with E-state index in [9.17, 15) is 0 Å². The molecule has 1 aliphatic rings. The van der Waals surface area contributed by atoms with E-state index in [0.717, 1.165) is 11.5 Å². The summed E-state index contributed by atoms with van der Waals surface area (Å²) < 4.78 is 0. The molecule has 1 atom stereocenters. The smallest absolute Gasteiger partial charge is 0.0190 e. The number of rotatable bonds is 2. The van der Waals surface area contributed by atoms with Gasteiger partial charge in [0.1, 0.15) is 0 Å². The maximum atomic E-state index is 3.86. The van der Waals surface area contributed by atoms with Crippen molar-refractivity contribution in [3.63, 3.8) is 0 Å². The zero-order valence-corrected chi connectivity index (χ0v) is 8.14. The van der Waals surface area contributed by atoms with Crippen LogP contribution in [0.5, 0.6) is 0 Å². The molecule has 0 radical (unpaired) electrons. The molecule has 0 nitrogen and oxygen atoms in total. The molecule has 0 aromatic rings. The molecule has 1 unspecified atom stereocenters. The molecule has 0 saturated heterocycles. The fourth-order valence-corrected chi connectivity index (χ4v) is 1.61. The lowest BCUT2D eigenvalue weighted by Crippen LogP contribution is -2.01. The fraction of sp³-hybridized carbons (Fsp3) is 0.500. The molecule has 0 amide bonds. The van der Waals surface area contributed by atoms with Crippen LogP contribution in [-0.2, 0) is 0 Å². The Kier molecular flexibility index (Phi) is 3.33. The third-order valence-electron chi connectivity index (χ3n) is 2.27. The lowest BCUT2D eigenvalue weighted by molar-refractivity contribution is 0.563. The van der Waals surface area contributed by atoms with Gasteiger partial charge in [0.15, 0.2) is 0 Å². The Morgan fingerprint density at radius 3 is 3.00 bits per heavy atom. The standard InChI is InChI=1S/C12H18/c1-10(2)7-8-12-6-4-5-11(3)9-12/h5,7-8,12H,1,4,6,9H2,2-3H3. The van der Waals surface area contributed by atoms with E-state index in [2.05, 4.69) is 31.7 Å². The molecule has 1 aliphatic carbocycles. The van der Waals surface area contributed by atoms with E-state index in [1.807, 2.05) is 6.92 Å². The van der Waals surface area contributed by atoms with Crippen LogP contribution in [0.25, 0.3) is 0 Å². The topological polar surface area (TPSA) is 0 Å². The van der Waals surface area contributed by atoms with Crippen LogP contribution < -0.4 is 0 Å².